The summed E-state index contributed by atoms with van der Waals surface area (Å²) in [6.07, 6.45) is 0. The average molecular weight is 983 g/mol. The second kappa shape index (κ2) is 16.7. The molecule has 78 heavy (non-hydrogen) atoms. The summed E-state index contributed by atoms with van der Waals surface area (Å²) in [5, 5.41) is 24.9. The Labute approximate surface area is 451 Å². The van der Waals surface area contributed by atoms with Gasteiger partial charge in [-0.15, -0.1) is 0 Å². The lowest BCUT2D eigenvalue weighted by Gasteiger charge is -2.30. The normalized spacial score (nSPS) is 12.1. The third-order valence-electron chi connectivity index (χ3n) is 17.2. The molecule has 0 N–H and O–H groups in total. The van der Waals surface area contributed by atoms with Crippen LogP contribution in [-0.4, -0.2) is 0 Å². The fourth-order valence-electron chi connectivity index (χ4n) is 13.7. The van der Waals surface area contributed by atoms with Crippen LogP contribution in [0.15, 0.2) is 279 Å². The van der Waals surface area contributed by atoms with Crippen molar-refractivity contribution in [1.82, 2.24) is 0 Å². The summed E-state index contributed by atoms with van der Waals surface area (Å²) in [6, 6.07) is 106. The van der Waals surface area contributed by atoms with Gasteiger partial charge in [0.2, 0.25) is 0 Å². The van der Waals surface area contributed by atoms with Gasteiger partial charge in [-0.25, -0.2) is 0 Å². The summed E-state index contributed by atoms with van der Waals surface area (Å²) >= 11 is 0. The first-order valence-corrected chi connectivity index (χ1v) is 27.2. The predicted molar refractivity (Wildman–Crippen MR) is 336 cm³/mol. The molecule has 17 rings (SSSR count). The van der Waals surface area contributed by atoms with Gasteiger partial charge in [0.1, 0.15) is 0 Å². The molecule has 0 unspecified atom stereocenters. The molecule has 0 spiro atoms. The third-order valence-corrected chi connectivity index (χ3v) is 17.2. The van der Waals surface area contributed by atoms with Gasteiger partial charge in [-0.2, -0.15) is 0 Å². The van der Waals surface area contributed by atoms with Gasteiger partial charge in [0.15, 0.2) is 0 Å². The van der Waals surface area contributed by atoms with Crippen LogP contribution in [0.5, 0.6) is 0 Å². The van der Waals surface area contributed by atoms with Crippen molar-refractivity contribution in [3.05, 3.63) is 279 Å². The SMILES string of the molecule is c1ccc2cc(-c3c(-c4ccc5ccccc5c4)c(-c4ccc5ccccc5c4)c(-c4cc5cccc6ccc7cccc4c7c65)c(-c4ccc5ccc6cccc7ccc4c5c67)c3-c3ccc4ccccc4c3)ccc2c1. The molecule has 0 radical (unpaired) electrons. The largest absolute Gasteiger partial charge is 0.0616 e. The molecule has 0 amide bonds. The Morgan fingerprint density at radius 2 is 0.423 bits per heavy atom. The van der Waals surface area contributed by atoms with Crippen LogP contribution >= 0.6 is 0 Å². The molecule has 17 aromatic carbocycles. The summed E-state index contributed by atoms with van der Waals surface area (Å²) in [5.74, 6) is 0. The second-order valence-electron chi connectivity index (χ2n) is 21.4. The maximum absolute atomic E-state index is 2.54. The smallest absolute Gasteiger partial charge is 0.000718 e. The highest BCUT2D eigenvalue weighted by Crippen LogP contribution is 2.59. The Morgan fingerprint density at radius 1 is 0.141 bits per heavy atom. The van der Waals surface area contributed by atoms with E-state index in [0.29, 0.717) is 0 Å². The highest BCUT2D eigenvalue weighted by Gasteiger charge is 2.32. The highest BCUT2D eigenvalue weighted by atomic mass is 14.3. The second-order valence-corrected chi connectivity index (χ2v) is 21.4. The summed E-state index contributed by atoms with van der Waals surface area (Å²) in [7, 11) is 0. The highest BCUT2D eigenvalue weighted by molar-refractivity contribution is 6.31. The van der Waals surface area contributed by atoms with E-state index in [1.54, 1.807) is 0 Å². The Morgan fingerprint density at radius 3 is 0.872 bits per heavy atom. The fourth-order valence-corrected chi connectivity index (χ4v) is 13.7. The molecule has 17 aromatic rings. The van der Waals surface area contributed by atoms with Gasteiger partial charge in [-0.1, -0.05) is 249 Å². The van der Waals surface area contributed by atoms with Gasteiger partial charge in [0, 0.05) is 0 Å². The molecule has 0 bridgehead atoms. The van der Waals surface area contributed by atoms with Crippen molar-refractivity contribution < 1.29 is 0 Å². The lowest BCUT2D eigenvalue weighted by atomic mass is 9.72. The lowest BCUT2D eigenvalue weighted by molar-refractivity contribution is 1.55. The van der Waals surface area contributed by atoms with Crippen molar-refractivity contribution in [2.24, 2.45) is 0 Å². The van der Waals surface area contributed by atoms with Crippen molar-refractivity contribution in [1.29, 1.82) is 0 Å². The number of hydrogen-bond acceptors (Lipinski definition) is 0. The zero-order valence-electron chi connectivity index (χ0n) is 42.6. The summed E-state index contributed by atoms with van der Waals surface area (Å²) in [6.45, 7) is 0. The monoisotopic (exact) mass is 982 g/mol. The van der Waals surface area contributed by atoms with Crippen molar-refractivity contribution in [3.8, 4) is 66.8 Å². The minimum absolute atomic E-state index is 1.17. The molecule has 0 aromatic heterocycles. The summed E-state index contributed by atoms with van der Waals surface area (Å²) < 4.78 is 0. The van der Waals surface area contributed by atoms with Crippen LogP contribution in [0.4, 0.5) is 0 Å². The fraction of sp³-hybridized carbons (Fsp3) is 0. The van der Waals surface area contributed by atoms with E-state index in [-0.39, 0.29) is 0 Å². The van der Waals surface area contributed by atoms with Crippen LogP contribution in [0.25, 0.3) is 174 Å². The van der Waals surface area contributed by atoms with Crippen molar-refractivity contribution in [3.63, 3.8) is 0 Å². The molecule has 0 heteroatoms. The van der Waals surface area contributed by atoms with Gasteiger partial charge in [0.25, 0.3) is 0 Å². The number of benzene rings is 17. The molecule has 0 heterocycles. The number of fused-ring (bicyclic) bond motifs is 4. The molecule has 0 aliphatic heterocycles. The van der Waals surface area contributed by atoms with Gasteiger partial charge in [-0.3, -0.25) is 0 Å². The van der Waals surface area contributed by atoms with E-state index in [1.165, 1.54) is 174 Å². The minimum atomic E-state index is 1.17. The molecule has 0 aliphatic rings. The van der Waals surface area contributed by atoms with E-state index in [1.807, 2.05) is 0 Å². The minimum Gasteiger partial charge on any atom is -0.0616 e. The van der Waals surface area contributed by atoms with Crippen LogP contribution < -0.4 is 0 Å². The maximum atomic E-state index is 2.54. The number of rotatable bonds is 6. The van der Waals surface area contributed by atoms with E-state index < -0.39 is 0 Å². The zero-order valence-corrected chi connectivity index (χ0v) is 42.6. The Hall–Kier alpha value is -10.1. The number of hydrogen-bond donors (Lipinski definition) is 0. The zero-order chi connectivity index (χ0) is 51.0. The molecule has 0 aliphatic carbocycles. The van der Waals surface area contributed by atoms with Gasteiger partial charge >= 0.3 is 0 Å². The first-order chi connectivity index (χ1) is 38.7. The van der Waals surface area contributed by atoms with Crippen LogP contribution in [0, 0.1) is 0 Å². The summed E-state index contributed by atoms with van der Waals surface area (Å²) in [4.78, 5) is 0. The van der Waals surface area contributed by atoms with Crippen LogP contribution in [0.2, 0.25) is 0 Å². The average Bonchev–Trinajstić information content (AvgIpc) is 3.10. The van der Waals surface area contributed by atoms with Gasteiger partial charge < -0.3 is 0 Å². The van der Waals surface area contributed by atoms with E-state index in [2.05, 4.69) is 279 Å². The Kier molecular flexibility index (Phi) is 9.22. The first kappa shape index (κ1) is 43.1. The topological polar surface area (TPSA) is 0 Å². The molecule has 358 valence electrons. The van der Waals surface area contributed by atoms with E-state index in [9.17, 15) is 0 Å². The van der Waals surface area contributed by atoms with Crippen LogP contribution in [0.1, 0.15) is 0 Å². The van der Waals surface area contributed by atoms with Crippen molar-refractivity contribution >= 4 is 108 Å². The Balaban J connectivity index is 1.19. The Bertz CT molecular complexity index is 5310. The lowest BCUT2D eigenvalue weighted by Crippen LogP contribution is -2.03. The quantitative estimate of drug-likeness (QED) is 0.146. The van der Waals surface area contributed by atoms with Crippen LogP contribution in [-0.2, 0) is 0 Å². The third kappa shape index (κ3) is 6.41. The molecule has 0 nitrogen and oxygen atoms in total. The van der Waals surface area contributed by atoms with E-state index >= 15 is 0 Å². The molecule has 0 atom stereocenters. The standard InChI is InChI=1S/C78H46/c1-5-16-56-42-61(34-26-47(56)12-1)73-74(62-35-27-48-13-2-6-17-57(48)43-62)76(64-37-29-50-15-4-8-19-59(50)45-64)78(68-46-60-24-10-22-52-30-32-54-23-11-25-65(68)71(54)70(52)60)77(75(73)63-36-28-49-14-3-7-18-58(49)44-63)67-41-39-55-33-31-51-20-9-21-53-38-40-66(67)72(55)69(51)53/h1-46H. The molecular formula is C78H46. The predicted octanol–water partition coefficient (Wildman–Crippen LogP) is 22.1. The van der Waals surface area contributed by atoms with Crippen molar-refractivity contribution in [2.45, 2.75) is 0 Å². The maximum Gasteiger partial charge on any atom is -0.000718 e. The van der Waals surface area contributed by atoms with Gasteiger partial charge in [-0.05, 0) is 205 Å². The van der Waals surface area contributed by atoms with E-state index in [0.717, 1.165) is 0 Å². The molecule has 0 saturated carbocycles. The molecular weight excluding hydrogens is 937 g/mol. The van der Waals surface area contributed by atoms with Crippen molar-refractivity contribution in [2.75, 3.05) is 0 Å². The molecule has 0 saturated heterocycles. The van der Waals surface area contributed by atoms with Gasteiger partial charge in [0.05, 0.1) is 0 Å². The summed E-state index contributed by atoms with van der Waals surface area (Å²) in [5.41, 5.74) is 14.4. The van der Waals surface area contributed by atoms with Crippen LogP contribution in [0.3, 0.4) is 0 Å². The van der Waals surface area contributed by atoms with E-state index in [4.69, 9.17) is 0 Å². The molecule has 0 fully saturated rings. The first-order valence-electron chi connectivity index (χ1n) is 27.2.